The fourth-order valence-electron chi connectivity index (χ4n) is 2.38. The molecule has 0 radical (unpaired) electrons. The molecule has 0 aromatic rings. The molecular formula is C12H21NO3S. The summed E-state index contributed by atoms with van der Waals surface area (Å²) in [4.78, 5) is 24.1. The molecule has 0 aliphatic heterocycles. The molecule has 2 unspecified atom stereocenters. The predicted octanol–water partition coefficient (Wildman–Crippen LogP) is 1.84. The Morgan fingerprint density at radius 1 is 1.29 bits per heavy atom. The fraction of sp³-hybridized carbons (Fsp3) is 0.833. The topological polar surface area (TPSA) is 57.6 Å². The van der Waals surface area contributed by atoms with Crippen molar-refractivity contribution in [3.63, 3.8) is 0 Å². The minimum Gasteiger partial charge on any atom is -0.481 e. The van der Waals surface area contributed by atoms with Crippen molar-refractivity contribution < 1.29 is 14.7 Å². The highest BCUT2D eigenvalue weighted by Crippen LogP contribution is 2.27. The van der Waals surface area contributed by atoms with E-state index in [2.05, 4.69) is 6.92 Å². The van der Waals surface area contributed by atoms with Crippen molar-refractivity contribution in [2.45, 2.75) is 38.6 Å². The summed E-state index contributed by atoms with van der Waals surface area (Å²) in [7, 11) is 1.84. The van der Waals surface area contributed by atoms with Gasteiger partial charge in [-0.05, 0) is 18.8 Å². The van der Waals surface area contributed by atoms with Crippen molar-refractivity contribution in [1.29, 1.82) is 0 Å². The van der Waals surface area contributed by atoms with Crippen molar-refractivity contribution in [2.24, 2.45) is 5.92 Å². The maximum atomic E-state index is 11.9. The lowest BCUT2D eigenvalue weighted by molar-refractivity contribution is -0.133. The highest BCUT2D eigenvalue weighted by atomic mass is 32.2. The number of thioether (sulfide) groups is 1. The largest absolute Gasteiger partial charge is 0.481 e. The van der Waals surface area contributed by atoms with Crippen molar-refractivity contribution >= 4 is 23.6 Å². The third kappa shape index (κ3) is 4.58. The summed E-state index contributed by atoms with van der Waals surface area (Å²) in [5, 5.41) is 8.51. The predicted molar refractivity (Wildman–Crippen MR) is 69.2 cm³/mol. The van der Waals surface area contributed by atoms with Crippen molar-refractivity contribution in [3.8, 4) is 0 Å². The maximum absolute atomic E-state index is 11.9. The zero-order valence-electron chi connectivity index (χ0n) is 10.5. The van der Waals surface area contributed by atoms with E-state index >= 15 is 0 Å². The molecule has 1 fully saturated rings. The van der Waals surface area contributed by atoms with Crippen LogP contribution in [0.1, 0.15) is 32.6 Å². The smallest absolute Gasteiger partial charge is 0.313 e. The maximum Gasteiger partial charge on any atom is 0.313 e. The Labute approximate surface area is 107 Å². The van der Waals surface area contributed by atoms with Crippen LogP contribution in [0, 0.1) is 5.92 Å². The molecule has 2 atom stereocenters. The first-order valence-electron chi connectivity index (χ1n) is 6.07. The molecule has 0 saturated heterocycles. The third-order valence-corrected chi connectivity index (χ3v) is 4.31. The Hall–Kier alpha value is -0.710. The normalized spacial score (nSPS) is 24.4. The van der Waals surface area contributed by atoms with E-state index in [1.807, 2.05) is 11.9 Å². The highest BCUT2D eigenvalue weighted by molar-refractivity contribution is 8.00. The number of carbonyl (C=O) groups excluding carboxylic acids is 1. The van der Waals surface area contributed by atoms with Crippen LogP contribution in [0.4, 0.5) is 0 Å². The average molecular weight is 259 g/mol. The molecule has 1 rings (SSSR count). The lowest BCUT2D eigenvalue weighted by Gasteiger charge is -2.36. The summed E-state index contributed by atoms with van der Waals surface area (Å²) < 4.78 is 0. The standard InChI is InChI=1S/C12H21NO3S/c1-9-5-3-4-6-10(9)13(2)11(14)7-17-8-12(15)16/h9-10H,3-8H2,1-2H3,(H,15,16). The first-order valence-corrected chi connectivity index (χ1v) is 7.23. The molecule has 98 valence electrons. The summed E-state index contributed by atoms with van der Waals surface area (Å²) in [6.45, 7) is 2.19. The van der Waals surface area contributed by atoms with E-state index in [1.165, 1.54) is 31.0 Å². The van der Waals surface area contributed by atoms with Gasteiger partial charge in [-0.1, -0.05) is 19.8 Å². The molecule has 1 aliphatic carbocycles. The molecule has 0 aromatic carbocycles. The van der Waals surface area contributed by atoms with Gasteiger partial charge in [-0.2, -0.15) is 0 Å². The van der Waals surface area contributed by atoms with Gasteiger partial charge >= 0.3 is 5.97 Å². The van der Waals surface area contributed by atoms with Crippen LogP contribution >= 0.6 is 11.8 Å². The third-order valence-electron chi connectivity index (χ3n) is 3.41. The molecule has 0 bridgehead atoms. The first-order chi connectivity index (χ1) is 8.02. The monoisotopic (exact) mass is 259 g/mol. The van der Waals surface area contributed by atoms with Gasteiger partial charge in [0.1, 0.15) is 0 Å². The van der Waals surface area contributed by atoms with Crippen LogP contribution < -0.4 is 0 Å². The molecule has 1 aliphatic rings. The van der Waals surface area contributed by atoms with Crippen LogP contribution in [0.3, 0.4) is 0 Å². The number of hydrogen-bond donors (Lipinski definition) is 1. The quantitative estimate of drug-likeness (QED) is 0.818. The molecular weight excluding hydrogens is 238 g/mol. The van der Waals surface area contributed by atoms with Crippen molar-refractivity contribution in [3.05, 3.63) is 0 Å². The van der Waals surface area contributed by atoms with E-state index < -0.39 is 5.97 Å². The Balaban J connectivity index is 2.37. The summed E-state index contributed by atoms with van der Waals surface area (Å²) in [5.41, 5.74) is 0. The number of nitrogens with zero attached hydrogens (tertiary/aromatic N) is 1. The lowest BCUT2D eigenvalue weighted by Crippen LogP contribution is -2.43. The molecule has 5 heteroatoms. The number of amides is 1. The summed E-state index contributed by atoms with van der Waals surface area (Å²) >= 11 is 1.17. The molecule has 0 heterocycles. The van der Waals surface area contributed by atoms with Crippen LogP contribution in [0.2, 0.25) is 0 Å². The van der Waals surface area contributed by atoms with E-state index in [-0.39, 0.29) is 17.4 Å². The van der Waals surface area contributed by atoms with Gasteiger partial charge in [0.25, 0.3) is 0 Å². The van der Waals surface area contributed by atoms with Gasteiger partial charge in [-0.25, -0.2) is 0 Å². The number of aliphatic carboxylic acids is 1. The van der Waals surface area contributed by atoms with Gasteiger partial charge < -0.3 is 10.0 Å². The molecule has 1 amide bonds. The van der Waals surface area contributed by atoms with Gasteiger partial charge in [-0.3, -0.25) is 9.59 Å². The minimum atomic E-state index is -0.864. The first kappa shape index (κ1) is 14.4. The second kappa shape index (κ2) is 6.89. The van der Waals surface area contributed by atoms with E-state index in [1.54, 1.807) is 0 Å². The molecule has 0 spiro atoms. The Bertz CT molecular complexity index is 283. The summed E-state index contributed by atoms with van der Waals surface area (Å²) in [6, 6.07) is 0.335. The van der Waals surface area contributed by atoms with Crippen LogP contribution in [-0.4, -0.2) is 46.5 Å². The average Bonchev–Trinajstić information content (AvgIpc) is 2.28. The lowest BCUT2D eigenvalue weighted by atomic mass is 9.85. The van der Waals surface area contributed by atoms with Gasteiger partial charge in [0.15, 0.2) is 0 Å². The Morgan fingerprint density at radius 3 is 2.53 bits per heavy atom. The van der Waals surface area contributed by atoms with E-state index in [9.17, 15) is 9.59 Å². The van der Waals surface area contributed by atoms with E-state index in [4.69, 9.17) is 5.11 Å². The number of rotatable bonds is 5. The second-order valence-electron chi connectivity index (χ2n) is 4.72. The fourth-order valence-corrected chi connectivity index (χ4v) is 3.04. The van der Waals surface area contributed by atoms with Gasteiger partial charge in [-0.15, -0.1) is 11.8 Å². The molecule has 4 nitrogen and oxygen atoms in total. The molecule has 0 aromatic heterocycles. The molecule has 1 saturated carbocycles. The SMILES string of the molecule is CC1CCCCC1N(C)C(=O)CSCC(=O)O. The number of carboxylic acid groups (broad SMARTS) is 1. The number of carboxylic acids is 1. The second-order valence-corrected chi connectivity index (χ2v) is 5.71. The van der Waals surface area contributed by atoms with Gasteiger partial charge in [0, 0.05) is 13.1 Å². The van der Waals surface area contributed by atoms with Crippen LogP contribution in [0.5, 0.6) is 0 Å². The van der Waals surface area contributed by atoms with E-state index in [0.717, 1.165) is 6.42 Å². The summed E-state index contributed by atoms with van der Waals surface area (Å²) in [5.74, 6) is 0.0138. The van der Waals surface area contributed by atoms with E-state index in [0.29, 0.717) is 12.0 Å². The minimum absolute atomic E-state index is 0.000198. The van der Waals surface area contributed by atoms with Gasteiger partial charge in [0.05, 0.1) is 11.5 Å². The molecule has 17 heavy (non-hydrogen) atoms. The molecule has 1 N–H and O–H groups in total. The van der Waals surface area contributed by atoms with Crippen molar-refractivity contribution in [2.75, 3.05) is 18.6 Å². The number of carbonyl (C=O) groups is 2. The van der Waals surface area contributed by atoms with Gasteiger partial charge in [0.2, 0.25) is 5.91 Å². The van der Waals surface area contributed by atoms with Crippen LogP contribution in [-0.2, 0) is 9.59 Å². The highest BCUT2D eigenvalue weighted by Gasteiger charge is 2.27. The van der Waals surface area contributed by atoms with Crippen LogP contribution in [0.15, 0.2) is 0 Å². The Kier molecular flexibility index (Phi) is 5.82. The van der Waals surface area contributed by atoms with Crippen molar-refractivity contribution in [1.82, 2.24) is 4.90 Å². The van der Waals surface area contributed by atoms with Crippen LogP contribution in [0.25, 0.3) is 0 Å². The zero-order chi connectivity index (χ0) is 12.8. The Morgan fingerprint density at radius 2 is 1.94 bits per heavy atom. The number of hydrogen-bond acceptors (Lipinski definition) is 3. The summed E-state index contributed by atoms with van der Waals surface area (Å²) in [6.07, 6.45) is 4.71. The zero-order valence-corrected chi connectivity index (χ0v) is 11.3.